The van der Waals surface area contributed by atoms with Crippen molar-refractivity contribution in [1.29, 1.82) is 0 Å². The van der Waals surface area contributed by atoms with Gasteiger partial charge < -0.3 is 5.32 Å². The maximum absolute atomic E-state index is 13.8. The van der Waals surface area contributed by atoms with Crippen molar-refractivity contribution in [1.82, 2.24) is 5.32 Å². The first-order chi connectivity index (χ1) is 10.0. The van der Waals surface area contributed by atoms with E-state index in [1.54, 1.807) is 6.07 Å². The molecular weight excluding hydrogens is 360 g/mol. The molecule has 2 rings (SSSR count). The third kappa shape index (κ3) is 4.02. The molecule has 0 amide bonds. The quantitative estimate of drug-likeness (QED) is 0.751. The van der Waals surface area contributed by atoms with Gasteiger partial charge in [0.15, 0.2) is 0 Å². The molecule has 112 valence electrons. The lowest BCUT2D eigenvalue weighted by atomic mass is 9.98. The molecule has 1 nitrogen and oxygen atoms in total. The Morgan fingerprint density at radius 1 is 1.19 bits per heavy atom. The van der Waals surface area contributed by atoms with Crippen molar-refractivity contribution in [3.63, 3.8) is 0 Å². The maximum atomic E-state index is 13.8. The van der Waals surface area contributed by atoms with Crippen LogP contribution in [-0.4, -0.2) is 6.54 Å². The first kappa shape index (κ1) is 16.4. The Kier molecular flexibility index (Phi) is 5.73. The minimum atomic E-state index is -0.522. The van der Waals surface area contributed by atoms with Crippen molar-refractivity contribution in [2.24, 2.45) is 0 Å². The standard InChI is InChI=1S/C16H15BrClF2N/c1-2-21-16(10-6-7-13(18)12(17)8-10)9-11-14(19)4-3-5-15(11)20/h3-8,16,21H,2,9H2,1H3. The van der Waals surface area contributed by atoms with Crippen LogP contribution in [0.5, 0.6) is 0 Å². The van der Waals surface area contributed by atoms with Crippen molar-refractivity contribution in [3.05, 3.63) is 68.7 Å². The predicted octanol–water partition coefficient (Wildman–Crippen LogP) is 5.27. The van der Waals surface area contributed by atoms with Gasteiger partial charge in [-0.05, 0) is 58.7 Å². The van der Waals surface area contributed by atoms with Crippen LogP contribution in [0.2, 0.25) is 5.02 Å². The zero-order chi connectivity index (χ0) is 15.4. The molecule has 1 atom stereocenters. The molecule has 2 aromatic carbocycles. The Morgan fingerprint density at radius 3 is 2.43 bits per heavy atom. The van der Waals surface area contributed by atoms with Gasteiger partial charge in [-0.1, -0.05) is 30.7 Å². The van der Waals surface area contributed by atoms with Crippen LogP contribution in [0.25, 0.3) is 0 Å². The van der Waals surface area contributed by atoms with Crippen LogP contribution < -0.4 is 5.32 Å². The smallest absolute Gasteiger partial charge is 0.129 e. The number of rotatable bonds is 5. The van der Waals surface area contributed by atoms with Crippen LogP contribution in [0.3, 0.4) is 0 Å². The summed E-state index contributed by atoms with van der Waals surface area (Å²) in [6.07, 6.45) is 0.237. The molecular formula is C16H15BrClF2N. The second-order valence-corrected chi connectivity index (χ2v) is 5.95. The Balaban J connectivity index is 2.33. The van der Waals surface area contributed by atoms with Crippen LogP contribution in [0.4, 0.5) is 8.78 Å². The monoisotopic (exact) mass is 373 g/mol. The van der Waals surface area contributed by atoms with Gasteiger partial charge in [0.2, 0.25) is 0 Å². The summed E-state index contributed by atoms with van der Waals surface area (Å²) >= 11 is 9.36. The summed E-state index contributed by atoms with van der Waals surface area (Å²) in [6.45, 7) is 2.65. The van der Waals surface area contributed by atoms with Crippen molar-refractivity contribution < 1.29 is 8.78 Å². The van der Waals surface area contributed by atoms with Gasteiger partial charge >= 0.3 is 0 Å². The third-order valence-electron chi connectivity index (χ3n) is 3.27. The highest BCUT2D eigenvalue weighted by Crippen LogP contribution is 2.28. The summed E-state index contributed by atoms with van der Waals surface area (Å²) in [5, 5.41) is 3.85. The van der Waals surface area contributed by atoms with Gasteiger partial charge in [-0.15, -0.1) is 0 Å². The number of nitrogens with one attached hydrogen (secondary N) is 1. The maximum Gasteiger partial charge on any atom is 0.129 e. The average molecular weight is 375 g/mol. The van der Waals surface area contributed by atoms with Gasteiger partial charge in [-0.3, -0.25) is 0 Å². The Hall–Kier alpha value is -0.970. The molecule has 1 unspecified atom stereocenters. The Bertz CT molecular complexity index is 613. The second kappa shape index (κ2) is 7.34. The number of benzene rings is 2. The topological polar surface area (TPSA) is 12.0 Å². The normalized spacial score (nSPS) is 12.4. The molecule has 5 heteroatoms. The molecule has 2 aromatic rings. The van der Waals surface area contributed by atoms with Gasteiger partial charge in [-0.25, -0.2) is 8.78 Å². The highest BCUT2D eigenvalue weighted by Gasteiger charge is 2.17. The SMILES string of the molecule is CCNC(Cc1c(F)cccc1F)c1ccc(Cl)c(Br)c1. The fourth-order valence-corrected chi connectivity index (χ4v) is 2.73. The highest BCUT2D eigenvalue weighted by atomic mass is 79.9. The lowest BCUT2D eigenvalue weighted by Gasteiger charge is -2.20. The molecule has 0 aliphatic rings. The fourth-order valence-electron chi connectivity index (χ4n) is 2.21. The van der Waals surface area contributed by atoms with Crippen LogP contribution in [0, 0.1) is 11.6 Å². The molecule has 0 radical (unpaired) electrons. The van der Waals surface area contributed by atoms with Gasteiger partial charge in [0.05, 0.1) is 5.02 Å². The van der Waals surface area contributed by atoms with E-state index >= 15 is 0 Å². The van der Waals surface area contributed by atoms with Gasteiger partial charge in [0.1, 0.15) is 11.6 Å². The molecule has 0 heterocycles. The number of likely N-dealkylation sites (N-methyl/N-ethyl adjacent to an activating group) is 1. The van der Waals surface area contributed by atoms with E-state index in [9.17, 15) is 8.78 Å². The van der Waals surface area contributed by atoms with Crippen molar-refractivity contribution >= 4 is 27.5 Å². The summed E-state index contributed by atoms with van der Waals surface area (Å²) in [5.41, 5.74) is 1.02. The lowest BCUT2D eigenvalue weighted by Crippen LogP contribution is -2.23. The minimum absolute atomic E-state index is 0.0922. The van der Waals surface area contributed by atoms with Gasteiger partial charge in [0.25, 0.3) is 0 Å². The number of hydrogen-bond donors (Lipinski definition) is 1. The van der Waals surface area contributed by atoms with E-state index in [0.29, 0.717) is 11.6 Å². The van der Waals surface area contributed by atoms with Crippen molar-refractivity contribution in [3.8, 4) is 0 Å². The first-order valence-electron chi connectivity index (χ1n) is 6.64. The van der Waals surface area contributed by atoms with E-state index in [0.717, 1.165) is 10.0 Å². The summed E-state index contributed by atoms with van der Waals surface area (Å²) < 4.78 is 28.4. The minimum Gasteiger partial charge on any atom is -0.310 e. The Morgan fingerprint density at radius 2 is 1.86 bits per heavy atom. The molecule has 21 heavy (non-hydrogen) atoms. The summed E-state index contributed by atoms with van der Waals surface area (Å²) in [4.78, 5) is 0. The molecule has 0 bridgehead atoms. The predicted molar refractivity (Wildman–Crippen MR) is 85.6 cm³/mol. The molecule has 0 saturated heterocycles. The zero-order valence-corrected chi connectivity index (χ0v) is 13.8. The average Bonchev–Trinajstić information content (AvgIpc) is 2.45. The third-order valence-corrected chi connectivity index (χ3v) is 4.48. The molecule has 0 aliphatic heterocycles. The summed E-state index contributed by atoms with van der Waals surface area (Å²) in [5.74, 6) is -1.04. The first-order valence-corrected chi connectivity index (χ1v) is 7.81. The highest BCUT2D eigenvalue weighted by molar-refractivity contribution is 9.10. The van der Waals surface area contributed by atoms with Gasteiger partial charge in [-0.2, -0.15) is 0 Å². The molecule has 0 aliphatic carbocycles. The molecule has 0 aromatic heterocycles. The van der Waals surface area contributed by atoms with Crippen molar-refractivity contribution in [2.75, 3.05) is 6.54 Å². The molecule has 1 N–H and O–H groups in total. The number of hydrogen-bond acceptors (Lipinski definition) is 1. The largest absolute Gasteiger partial charge is 0.310 e. The second-order valence-electron chi connectivity index (χ2n) is 4.69. The Labute approximate surface area is 136 Å². The molecule has 0 spiro atoms. The summed E-state index contributed by atoms with van der Waals surface area (Å²) in [6, 6.07) is 9.24. The summed E-state index contributed by atoms with van der Waals surface area (Å²) in [7, 11) is 0. The van der Waals surface area contributed by atoms with E-state index in [-0.39, 0.29) is 18.0 Å². The lowest BCUT2D eigenvalue weighted by molar-refractivity contribution is 0.499. The van der Waals surface area contributed by atoms with Crippen LogP contribution >= 0.6 is 27.5 Å². The van der Waals surface area contributed by atoms with E-state index in [4.69, 9.17) is 11.6 Å². The van der Waals surface area contributed by atoms with Gasteiger partial charge in [0, 0.05) is 16.1 Å². The molecule has 0 saturated carbocycles. The van der Waals surface area contributed by atoms with E-state index in [1.165, 1.54) is 18.2 Å². The van der Waals surface area contributed by atoms with E-state index in [2.05, 4.69) is 21.2 Å². The zero-order valence-electron chi connectivity index (χ0n) is 11.5. The van der Waals surface area contributed by atoms with Crippen molar-refractivity contribution in [2.45, 2.75) is 19.4 Å². The van der Waals surface area contributed by atoms with E-state index < -0.39 is 11.6 Å². The molecule has 0 fully saturated rings. The van der Waals surface area contributed by atoms with Crippen LogP contribution in [-0.2, 0) is 6.42 Å². The van der Waals surface area contributed by atoms with Crippen LogP contribution in [0.1, 0.15) is 24.1 Å². The number of halogens is 4. The van der Waals surface area contributed by atoms with Crippen LogP contribution in [0.15, 0.2) is 40.9 Å². The fraction of sp³-hybridized carbons (Fsp3) is 0.250. The van der Waals surface area contributed by atoms with E-state index in [1.807, 2.05) is 19.1 Å².